The van der Waals surface area contributed by atoms with Gasteiger partial charge in [0.25, 0.3) is 0 Å². The van der Waals surface area contributed by atoms with Crippen LogP contribution in [0.2, 0.25) is 0 Å². The Morgan fingerprint density at radius 2 is 2.00 bits per heavy atom. The molecule has 0 radical (unpaired) electrons. The first-order valence-corrected chi connectivity index (χ1v) is 6.69. The highest BCUT2D eigenvalue weighted by Gasteiger charge is 2.09. The van der Waals surface area contributed by atoms with Crippen LogP contribution in [0.25, 0.3) is 16.6 Å². The molecule has 4 heteroatoms. The lowest BCUT2D eigenvalue weighted by molar-refractivity contribution is 0.612. The second-order valence-corrected chi connectivity index (χ2v) is 4.60. The number of aromatic nitrogens is 2. The summed E-state index contributed by atoms with van der Waals surface area (Å²) in [7, 11) is 0. The second-order valence-electron chi connectivity index (χ2n) is 4.03. The van der Waals surface area contributed by atoms with Crippen molar-refractivity contribution < 1.29 is 4.39 Å². The summed E-state index contributed by atoms with van der Waals surface area (Å²) in [6, 6.07) is 12.9. The quantitative estimate of drug-likeness (QED) is 0.653. The normalized spacial score (nSPS) is 11.0. The molecule has 18 heavy (non-hydrogen) atoms. The third-order valence-corrected chi connectivity index (χ3v) is 3.52. The molecule has 0 aliphatic carbocycles. The Labute approximate surface area is 112 Å². The lowest BCUT2D eigenvalue weighted by Crippen LogP contribution is -2.00. The number of hydrogen-bond donors (Lipinski definition) is 0. The van der Waals surface area contributed by atoms with E-state index in [4.69, 9.17) is 0 Å². The Bertz CT molecular complexity index is 706. The van der Waals surface area contributed by atoms with Gasteiger partial charge in [0.05, 0.1) is 11.7 Å². The molecule has 3 rings (SSSR count). The van der Waals surface area contributed by atoms with Crippen molar-refractivity contribution in [3.63, 3.8) is 0 Å². The van der Waals surface area contributed by atoms with Crippen LogP contribution in [-0.4, -0.2) is 9.78 Å². The lowest BCUT2D eigenvalue weighted by Gasteiger charge is -2.06. The van der Waals surface area contributed by atoms with Crippen LogP contribution in [0.15, 0.2) is 48.7 Å². The van der Waals surface area contributed by atoms with E-state index in [0.717, 1.165) is 16.5 Å². The van der Waals surface area contributed by atoms with Crippen LogP contribution < -0.4 is 0 Å². The molecular formula is C14H10BrFN2. The number of para-hydroxylation sites is 1. The van der Waals surface area contributed by atoms with Crippen molar-refractivity contribution in [3.05, 3.63) is 60.0 Å². The fourth-order valence-electron chi connectivity index (χ4n) is 1.97. The van der Waals surface area contributed by atoms with Gasteiger partial charge in [-0.15, -0.1) is 0 Å². The van der Waals surface area contributed by atoms with Crippen molar-refractivity contribution in [2.45, 2.75) is 5.33 Å². The van der Waals surface area contributed by atoms with Crippen molar-refractivity contribution in [3.8, 4) is 5.69 Å². The molecule has 1 heterocycles. The van der Waals surface area contributed by atoms with Gasteiger partial charge in [0.15, 0.2) is 0 Å². The highest BCUT2D eigenvalue weighted by atomic mass is 79.9. The molecule has 0 fully saturated rings. The monoisotopic (exact) mass is 304 g/mol. The van der Waals surface area contributed by atoms with Gasteiger partial charge in [-0.1, -0.05) is 40.2 Å². The van der Waals surface area contributed by atoms with Crippen LogP contribution >= 0.6 is 15.9 Å². The minimum atomic E-state index is -0.263. The number of rotatable bonds is 2. The smallest absolute Gasteiger partial charge is 0.149 e. The predicted molar refractivity (Wildman–Crippen MR) is 73.7 cm³/mol. The van der Waals surface area contributed by atoms with Crippen molar-refractivity contribution in [2.75, 3.05) is 0 Å². The fraction of sp³-hybridized carbons (Fsp3) is 0.0714. The van der Waals surface area contributed by atoms with Gasteiger partial charge < -0.3 is 0 Å². The Morgan fingerprint density at radius 1 is 1.17 bits per heavy atom. The van der Waals surface area contributed by atoms with Gasteiger partial charge in [0.2, 0.25) is 0 Å². The van der Waals surface area contributed by atoms with Crippen molar-refractivity contribution >= 4 is 26.8 Å². The van der Waals surface area contributed by atoms with Gasteiger partial charge in [-0.2, -0.15) is 5.10 Å². The first-order valence-electron chi connectivity index (χ1n) is 5.57. The number of halogens is 2. The number of hydrogen-bond acceptors (Lipinski definition) is 1. The average Bonchev–Trinajstić information content (AvgIpc) is 2.82. The lowest BCUT2D eigenvalue weighted by atomic mass is 10.2. The van der Waals surface area contributed by atoms with Gasteiger partial charge in [0, 0.05) is 10.7 Å². The molecule has 0 bridgehead atoms. The highest BCUT2D eigenvalue weighted by molar-refractivity contribution is 9.08. The van der Waals surface area contributed by atoms with Gasteiger partial charge in [-0.3, -0.25) is 0 Å². The zero-order valence-corrected chi connectivity index (χ0v) is 11.1. The number of benzene rings is 2. The van der Waals surface area contributed by atoms with Crippen LogP contribution in [0.1, 0.15) is 5.56 Å². The summed E-state index contributed by atoms with van der Waals surface area (Å²) in [5.41, 5.74) is 2.29. The third kappa shape index (κ3) is 1.82. The first-order chi connectivity index (χ1) is 8.79. The zero-order valence-electron chi connectivity index (χ0n) is 9.48. The summed E-state index contributed by atoms with van der Waals surface area (Å²) in [6.45, 7) is 0. The third-order valence-electron chi connectivity index (χ3n) is 2.87. The summed E-state index contributed by atoms with van der Waals surface area (Å²) in [5, 5.41) is 5.89. The summed E-state index contributed by atoms with van der Waals surface area (Å²) in [4.78, 5) is 0. The molecule has 2 nitrogen and oxygen atoms in total. The molecule has 0 spiro atoms. The van der Waals surface area contributed by atoms with Crippen molar-refractivity contribution in [1.82, 2.24) is 9.78 Å². The van der Waals surface area contributed by atoms with Crippen LogP contribution in [0.5, 0.6) is 0 Å². The van der Waals surface area contributed by atoms with Crippen molar-refractivity contribution in [2.24, 2.45) is 0 Å². The molecule has 0 saturated carbocycles. The Kier molecular flexibility index (Phi) is 2.88. The molecule has 0 saturated heterocycles. The average molecular weight is 305 g/mol. The van der Waals surface area contributed by atoms with Crippen LogP contribution in [0.3, 0.4) is 0 Å². The Hall–Kier alpha value is -1.68. The molecule has 3 aromatic rings. The van der Waals surface area contributed by atoms with Crippen LogP contribution in [0.4, 0.5) is 4.39 Å². The van der Waals surface area contributed by atoms with Gasteiger partial charge in [0.1, 0.15) is 11.5 Å². The van der Waals surface area contributed by atoms with E-state index in [9.17, 15) is 4.39 Å². The second kappa shape index (κ2) is 4.53. The largest absolute Gasteiger partial charge is 0.230 e. The molecule has 0 aliphatic heterocycles. The van der Waals surface area contributed by atoms with Gasteiger partial charge in [-0.25, -0.2) is 9.07 Å². The molecule has 0 atom stereocenters. The van der Waals surface area contributed by atoms with E-state index in [1.165, 1.54) is 6.07 Å². The van der Waals surface area contributed by atoms with Crippen LogP contribution in [0, 0.1) is 5.82 Å². The van der Waals surface area contributed by atoms with Gasteiger partial charge >= 0.3 is 0 Å². The van der Waals surface area contributed by atoms with E-state index in [2.05, 4.69) is 21.0 Å². The maximum atomic E-state index is 14.0. The van der Waals surface area contributed by atoms with Crippen LogP contribution in [-0.2, 0) is 5.33 Å². The molecule has 0 N–H and O–H groups in total. The molecule has 0 aliphatic rings. The van der Waals surface area contributed by atoms with Crippen molar-refractivity contribution in [1.29, 1.82) is 0 Å². The summed E-state index contributed by atoms with van der Waals surface area (Å²) in [5.74, 6) is -0.263. The fourth-order valence-corrected chi connectivity index (χ4v) is 2.32. The number of nitrogens with zero attached hydrogens (tertiary/aromatic N) is 2. The van der Waals surface area contributed by atoms with E-state index in [1.54, 1.807) is 16.9 Å². The maximum absolute atomic E-state index is 14.0. The Balaban J connectivity index is 2.20. The minimum absolute atomic E-state index is 0.263. The summed E-state index contributed by atoms with van der Waals surface area (Å²) >= 11 is 3.32. The standard InChI is InChI=1S/C14H10BrFN2/c15-8-10-5-6-14(12(16)7-10)18-13-4-2-1-3-11(13)9-17-18/h1-7,9H,8H2. The van der Waals surface area contributed by atoms with E-state index >= 15 is 0 Å². The van der Waals surface area contributed by atoms with E-state index in [1.807, 2.05) is 30.3 Å². The highest BCUT2D eigenvalue weighted by Crippen LogP contribution is 2.21. The predicted octanol–water partition coefficient (Wildman–Crippen LogP) is 4.06. The van der Waals surface area contributed by atoms with E-state index in [-0.39, 0.29) is 5.82 Å². The molecule has 90 valence electrons. The van der Waals surface area contributed by atoms with Gasteiger partial charge in [-0.05, 0) is 23.8 Å². The molecule has 0 amide bonds. The topological polar surface area (TPSA) is 17.8 Å². The first kappa shape index (κ1) is 11.4. The van der Waals surface area contributed by atoms with E-state index < -0.39 is 0 Å². The summed E-state index contributed by atoms with van der Waals surface area (Å²) in [6.07, 6.45) is 1.74. The molecular weight excluding hydrogens is 295 g/mol. The number of fused-ring (bicyclic) bond motifs is 1. The minimum Gasteiger partial charge on any atom is -0.230 e. The zero-order chi connectivity index (χ0) is 12.5. The molecule has 2 aromatic carbocycles. The SMILES string of the molecule is Fc1cc(CBr)ccc1-n1ncc2ccccc21. The maximum Gasteiger partial charge on any atom is 0.149 e. The van der Waals surface area contributed by atoms with E-state index in [0.29, 0.717) is 11.0 Å². The molecule has 1 aromatic heterocycles. The molecule has 0 unspecified atom stereocenters. The summed E-state index contributed by atoms with van der Waals surface area (Å²) < 4.78 is 15.7. The number of alkyl halides is 1. The Morgan fingerprint density at radius 3 is 2.78 bits per heavy atom.